The first kappa shape index (κ1) is 12.2. The van der Waals surface area contributed by atoms with Crippen molar-refractivity contribution in [1.29, 1.82) is 0 Å². The largest absolute Gasteiger partial charge is 0.465 e. The predicted octanol–water partition coefficient (Wildman–Crippen LogP) is 3.81. The number of hydrogen-bond donors (Lipinski definition) is 0. The maximum atomic E-state index is 8.14. The van der Waals surface area contributed by atoms with Crippen LogP contribution in [0.3, 0.4) is 0 Å². The quantitative estimate of drug-likeness (QED) is 0.756. The van der Waals surface area contributed by atoms with Crippen molar-refractivity contribution >= 4 is 7.12 Å². The molecule has 1 aliphatic rings. The Morgan fingerprint density at radius 2 is 1.61 bits per heavy atom. The first-order valence-electron chi connectivity index (χ1n) is 7.15. The van der Waals surface area contributed by atoms with E-state index in [9.17, 15) is 0 Å². The van der Waals surface area contributed by atoms with E-state index in [4.69, 9.17) is 10.7 Å². The highest BCUT2D eigenvalue weighted by atomic mass is 16.7. The van der Waals surface area contributed by atoms with Crippen molar-refractivity contribution < 1.29 is 10.7 Å². The van der Waals surface area contributed by atoms with Crippen LogP contribution in [0.2, 0.25) is 0 Å². The lowest BCUT2D eigenvalue weighted by Gasteiger charge is -2.32. The van der Waals surface area contributed by atoms with Gasteiger partial charge in [0.05, 0.1) is 11.2 Å². The Bertz CT molecular complexity index is 415. The van der Waals surface area contributed by atoms with Crippen molar-refractivity contribution in [2.75, 3.05) is 0 Å². The fraction of sp³-hybridized carbons (Fsp3) is 0.600. The molecule has 1 aliphatic heterocycles. The van der Waals surface area contributed by atoms with Crippen LogP contribution in [-0.2, 0) is 9.31 Å². The lowest BCUT2D eigenvalue weighted by Crippen LogP contribution is -2.41. The van der Waals surface area contributed by atoms with Gasteiger partial charge in [0, 0.05) is 7.19 Å². The summed E-state index contributed by atoms with van der Waals surface area (Å²) < 4.78 is 20.3. The summed E-state index contributed by atoms with van der Waals surface area (Å²) in [6.45, 7) is 10.1. The zero-order valence-electron chi connectivity index (χ0n) is 12.9. The van der Waals surface area contributed by atoms with Gasteiger partial charge in [0.25, 0.3) is 0 Å². The Labute approximate surface area is 112 Å². The topological polar surface area (TPSA) is 18.5 Å². The van der Waals surface area contributed by atoms with E-state index < -0.39 is 0 Å². The first-order chi connectivity index (χ1) is 8.74. The normalized spacial score (nSPS) is 25.6. The third-order valence-corrected chi connectivity index (χ3v) is 4.11. The van der Waals surface area contributed by atoms with E-state index in [2.05, 4.69) is 0 Å². The third-order valence-electron chi connectivity index (χ3n) is 4.11. The summed E-state index contributed by atoms with van der Waals surface area (Å²) in [6, 6.07) is 10.1. The molecule has 1 fully saturated rings. The highest BCUT2D eigenvalue weighted by Gasteiger charge is 2.53. The molecule has 0 aromatic heterocycles. The Hall–Kier alpha value is -0.795. The Morgan fingerprint density at radius 1 is 1.11 bits per heavy atom. The van der Waals surface area contributed by atoms with Gasteiger partial charge >= 0.3 is 7.12 Å². The van der Waals surface area contributed by atoms with Gasteiger partial charge in [-0.05, 0) is 33.3 Å². The van der Waals surface area contributed by atoms with E-state index in [-0.39, 0.29) is 30.5 Å². The van der Waals surface area contributed by atoms with Crippen LogP contribution < -0.4 is 0 Å². The highest BCUT2D eigenvalue weighted by molar-refractivity contribution is 6.47. The van der Waals surface area contributed by atoms with Gasteiger partial charge in [0.1, 0.15) is 0 Å². The summed E-state index contributed by atoms with van der Waals surface area (Å²) in [6.07, 6.45) is -0.280. The minimum atomic E-state index is -0.361. The zero-order chi connectivity index (χ0) is 14.3. The third kappa shape index (κ3) is 2.34. The molecule has 0 saturated carbocycles. The van der Waals surface area contributed by atoms with Gasteiger partial charge in [-0.2, -0.15) is 0 Å². The molecule has 98 valence electrons. The van der Waals surface area contributed by atoms with Crippen LogP contribution in [0.5, 0.6) is 0 Å². The molecule has 0 aliphatic carbocycles. The van der Waals surface area contributed by atoms with Crippen LogP contribution >= 0.6 is 0 Å². The lowest BCUT2D eigenvalue weighted by atomic mass is 9.66. The standard InChI is InChI=1S/C15H23BO2/c1-6-13(12-10-8-7-9-11-12)16-17-14(2,3)15(4,5)18-16/h7-11,13H,6H2,1-5H3/t13-/m0/s1/i6D/t6-,13-. The number of benzene rings is 1. The average Bonchev–Trinajstić information content (AvgIpc) is 2.48. The molecular formula is C15H23BO2. The Morgan fingerprint density at radius 3 is 2.06 bits per heavy atom. The van der Waals surface area contributed by atoms with Crippen LogP contribution in [0, 0.1) is 0 Å². The molecule has 0 amide bonds. The Balaban J connectivity index is 2.29. The van der Waals surface area contributed by atoms with Crippen LogP contribution in [0.4, 0.5) is 0 Å². The van der Waals surface area contributed by atoms with Crippen molar-refractivity contribution in [3.63, 3.8) is 0 Å². The zero-order valence-corrected chi connectivity index (χ0v) is 11.9. The van der Waals surface area contributed by atoms with Gasteiger partial charge in [0.2, 0.25) is 0 Å². The second kappa shape index (κ2) is 4.71. The van der Waals surface area contributed by atoms with Crippen molar-refractivity contribution in [1.82, 2.24) is 0 Å². The summed E-state index contributed by atoms with van der Waals surface area (Å²) in [4.78, 5) is 0. The Kier molecular flexibility index (Phi) is 3.20. The van der Waals surface area contributed by atoms with E-state index in [1.165, 1.54) is 0 Å². The van der Waals surface area contributed by atoms with Crippen molar-refractivity contribution in [3.8, 4) is 0 Å². The maximum Gasteiger partial charge on any atom is 0.465 e. The monoisotopic (exact) mass is 247 g/mol. The fourth-order valence-corrected chi connectivity index (χ4v) is 2.22. The molecule has 2 rings (SSSR count). The molecule has 2 atom stereocenters. The molecule has 1 saturated heterocycles. The van der Waals surface area contributed by atoms with Gasteiger partial charge in [-0.25, -0.2) is 0 Å². The van der Waals surface area contributed by atoms with E-state index in [0.29, 0.717) is 0 Å². The van der Waals surface area contributed by atoms with E-state index in [0.717, 1.165) is 5.56 Å². The first-order valence-corrected chi connectivity index (χ1v) is 6.57. The maximum absolute atomic E-state index is 8.14. The van der Waals surface area contributed by atoms with Crippen LogP contribution in [-0.4, -0.2) is 18.3 Å². The van der Waals surface area contributed by atoms with Gasteiger partial charge in [-0.15, -0.1) is 0 Å². The van der Waals surface area contributed by atoms with Crippen LogP contribution in [0.15, 0.2) is 30.3 Å². The summed E-state index contributed by atoms with van der Waals surface area (Å²) in [5, 5.41) is 0. The predicted molar refractivity (Wildman–Crippen MR) is 75.6 cm³/mol. The molecule has 2 nitrogen and oxygen atoms in total. The van der Waals surface area contributed by atoms with Crippen LogP contribution in [0.25, 0.3) is 0 Å². The molecule has 1 aromatic carbocycles. The second-order valence-corrected chi connectivity index (χ2v) is 5.89. The van der Waals surface area contributed by atoms with E-state index >= 15 is 0 Å². The summed E-state index contributed by atoms with van der Waals surface area (Å²) >= 11 is 0. The SMILES string of the molecule is [2H][C@@H](C)[C@H](B1OC(C)(C)C(C)(C)O1)c1ccccc1. The van der Waals surface area contributed by atoms with Gasteiger partial charge < -0.3 is 9.31 Å². The fourth-order valence-electron chi connectivity index (χ4n) is 2.22. The molecule has 0 N–H and O–H groups in total. The summed E-state index contributed by atoms with van der Waals surface area (Å²) in [5.41, 5.74) is 0.405. The van der Waals surface area contributed by atoms with Crippen LogP contribution in [0.1, 0.15) is 53.8 Å². The molecule has 0 unspecified atom stereocenters. The van der Waals surface area contributed by atoms with E-state index in [1.54, 1.807) is 0 Å². The van der Waals surface area contributed by atoms with Gasteiger partial charge in [-0.1, -0.05) is 43.7 Å². The number of rotatable bonds is 3. The minimum Gasteiger partial charge on any atom is -0.403 e. The van der Waals surface area contributed by atoms with Crippen molar-refractivity contribution in [2.24, 2.45) is 0 Å². The lowest BCUT2D eigenvalue weighted by molar-refractivity contribution is 0.00578. The molecule has 0 radical (unpaired) electrons. The van der Waals surface area contributed by atoms with Crippen molar-refractivity contribution in [2.45, 2.75) is 58.0 Å². The highest BCUT2D eigenvalue weighted by Crippen LogP contribution is 2.41. The molecular weight excluding hydrogens is 223 g/mol. The molecule has 3 heteroatoms. The molecule has 0 bridgehead atoms. The number of hydrogen-bond acceptors (Lipinski definition) is 2. The molecule has 1 heterocycles. The second-order valence-electron chi connectivity index (χ2n) is 5.89. The molecule has 18 heavy (non-hydrogen) atoms. The van der Waals surface area contributed by atoms with Gasteiger partial charge in [0.15, 0.2) is 0 Å². The van der Waals surface area contributed by atoms with Crippen molar-refractivity contribution in [3.05, 3.63) is 35.9 Å². The molecule has 1 aromatic rings. The van der Waals surface area contributed by atoms with Gasteiger partial charge in [-0.3, -0.25) is 0 Å². The summed E-state index contributed by atoms with van der Waals surface area (Å²) in [5.74, 6) is -0.0674. The average molecular weight is 247 g/mol. The summed E-state index contributed by atoms with van der Waals surface area (Å²) in [7, 11) is -0.361. The molecule has 0 spiro atoms. The minimum absolute atomic E-state index is 0.0674. The smallest absolute Gasteiger partial charge is 0.403 e. The van der Waals surface area contributed by atoms with E-state index in [1.807, 2.05) is 65.0 Å².